The Morgan fingerprint density at radius 1 is 1.04 bits per heavy atom. The number of carbonyl (C=O) groups is 1. The molecule has 1 atom stereocenters. The highest BCUT2D eigenvalue weighted by atomic mass is 16.5. The first-order chi connectivity index (χ1) is 13.2. The predicted molar refractivity (Wildman–Crippen MR) is 110 cm³/mol. The van der Waals surface area contributed by atoms with Gasteiger partial charge in [-0.15, -0.1) is 0 Å². The number of nitrogens with one attached hydrogen (secondary N) is 1. The van der Waals surface area contributed by atoms with Gasteiger partial charge in [0.25, 0.3) is 0 Å². The van der Waals surface area contributed by atoms with Gasteiger partial charge in [0.1, 0.15) is 6.04 Å². The Kier molecular flexibility index (Phi) is 5.30. The summed E-state index contributed by atoms with van der Waals surface area (Å²) in [6.45, 7) is 6.27. The van der Waals surface area contributed by atoms with Crippen LogP contribution >= 0.6 is 0 Å². The molecule has 1 N–H and O–H groups in total. The summed E-state index contributed by atoms with van der Waals surface area (Å²) in [5.41, 5.74) is 4.54. The fourth-order valence-corrected chi connectivity index (χ4v) is 3.93. The zero-order chi connectivity index (χ0) is 18.6. The van der Waals surface area contributed by atoms with E-state index in [2.05, 4.69) is 45.4 Å². The Morgan fingerprint density at radius 3 is 2.56 bits per heavy atom. The normalized spacial score (nSPS) is 18.0. The number of aryl methyl sites for hydroxylation is 1. The molecular weight excluding hydrogens is 338 g/mol. The third kappa shape index (κ3) is 3.93. The molecule has 0 radical (unpaired) electrons. The fraction of sp³-hybridized carbons (Fsp3) is 0.409. The number of hydrogen-bond acceptors (Lipinski definition) is 4. The number of ether oxygens (including phenoxy) is 1. The first-order valence-electron chi connectivity index (χ1n) is 9.80. The molecule has 0 saturated carbocycles. The summed E-state index contributed by atoms with van der Waals surface area (Å²) < 4.78 is 5.40. The fourth-order valence-electron chi connectivity index (χ4n) is 3.93. The molecule has 0 spiro atoms. The largest absolute Gasteiger partial charge is 0.378 e. The molecule has 0 unspecified atom stereocenters. The lowest BCUT2D eigenvalue weighted by molar-refractivity contribution is -0.117. The molecule has 142 valence electrons. The average Bonchev–Trinajstić information content (AvgIpc) is 2.74. The third-order valence-corrected chi connectivity index (χ3v) is 5.50. The van der Waals surface area contributed by atoms with Crippen molar-refractivity contribution in [2.24, 2.45) is 0 Å². The summed E-state index contributed by atoms with van der Waals surface area (Å²) in [5.74, 6) is 0.0332. The zero-order valence-corrected chi connectivity index (χ0v) is 15.9. The van der Waals surface area contributed by atoms with Crippen LogP contribution in [0, 0.1) is 0 Å². The second-order valence-electron chi connectivity index (χ2n) is 7.24. The van der Waals surface area contributed by atoms with E-state index in [4.69, 9.17) is 4.74 Å². The van der Waals surface area contributed by atoms with E-state index in [-0.39, 0.29) is 11.9 Å². The average molecular weight is 365 g/mol. The first-order valence-corrected chi connectivity index (χ1v) is 9.80. The lowest BCUT2D eigenvalue weighted by Gasteiger charge is -2.35. The maximum absolute atomic E-state index is 12.8. The molecule has 2 aliphatic heterocycles. The van der Waals surface area contributed by atoms with Crippen LogP contribution in [0.25, 0.3) is 0 Å². The van der Waals surface area contributed by atoms with Crippen LogP contribution < -0.4 is 15.1 Å². The van der Waals surface area contributed by atoms with Gasteiger partial charge in [0.05, 0.1) is 13.2 Å². The maximum Gasteiger partial charge on any atom is 0.246 e. The molecule has 1 saturated heterocycles. The molecule has 1 fully saturated rings. The molecule has 2 aromatic carbocycles. The molecule has 0 aromatic heterocycles. The lowest BCUT2D eigenvalue weighted by atomic mass is 10.00. The predicted octanol–water partition coefficient (Wildman–Crippen LogP) is 3.30. The van der Waals surface area contributed by atoms with Gasteiger partial charge in [0, 0.05) is 36.7 Å². The van der Waals surface area contributed by atoms with Gasteiger partial charge in [-0.1, -0.05) is 18.2 Å². The van der Waals surface area contributed by atoms with Crippen molar-refractivity contribution in [2.45, 2.75) is 25.8 Å². The SMILES string of the molecule is C[C@H](C(=O)Nc1ccc(N2CCOCC2)cc1)N1CCCc2ccccc21. The highest BCUT2D eigenvalue weighted by molar-refractivity contribution is 5.97. The van der Waals surface area contributed by atoms with Crippen molar-refractivity contribution in [3.05, 3.63) is 54.1 Å². The molecule has 5 nitrogen and oxygen atoms in total. The zero-order valence-electron chi connectivity index (χ0n) is 15.9. The van der Waals surface area contributed by atoms with E-state index < -0.39 is 0 Å². The van der Waals surface area contributed by atoms with Crippen LogP contribution in [0.4, 0.5) is 17.1 Å². The number of morpholine rings is 1. The third-order valence-electron chi connectivity index (χ3n) is 5.50. The van der Waals surface area contributed by atoms with E-state index >= 15 is 0 Å². The Labute approximate surface area is 160 Å². The van der Waals surface area contributed by atoms with Crippen molar-refractivity contribution in [1.82, 2.24) is 0 Å². The van der Waals surface area contributed by atoms with Gasteiger partial charge >= 0.3 is 0 Å². The number of carbonyl (C=O) groups excluding carboxylic acids is 1. The van der Waals surface area contributed by atoms with E-state index in [1.54, 1.807) is 0 Å². The Hall–Kier alpha value is -2.53. The molecule has 0 aliphatic carbocycles. The van der Waals surface area contributed by atoms with Crippen LogP contribution in [-0.4, -0.2) is 44.8 Å². The molecule has 0 bridgehead atoms. The van der Waals surface area contributed by atoms with Gasteiger partial charge in [-0.2, -0.15) is 0 Å². The van der Waals surface area contributed by atoms with E-state index in [0.29, 0.717) is 0 Å². The van der Waals surface area contributed by atoms with Gasteiger partial charge < -0.3 is 19.9 Å². The number of anilines is 3. The maximum atomic E-state index is 12.8. The minimum absolute atomic E-state index is 0.0332. The molecule has 5 heteroatoms. The summed E-state index contributed by atoms with van der Waals surface area (Å²) >= 11 is 0. The number of nitrogens with zero attached hydrogens (tertiary/aromatic N) is 2. The van der Waals surface area contributed by atoms with Crippen molar-refractivity contribution in [2.75, 3.05) is 48.0 Å². The molecule has 2 aromatic rings. The second-order valence-corrected chi connectivity index (χ2v) is 7.24. The summed E-state index contributed by atoms with van der Waals surface area (Å²) in [6, 6.07) is 16.3. The molecular formula is C22H27N3O2. The highest BCUT2D eigenvalue weighted by Crippen LogP contribution is 2.29. The quantitative estimate of drug-likeness (QED) is 0.903. The summed E-state index contributed by atoms with van der Waals surface area (Å²) in [4.78, 5) is 17.4. The number of fused-ring (bicyclic) bond motifs is 1. The lowest BCUT2D eigenvalue weighted by Crippen LogP contribution is -2.44. The molecule has 1 amide bonds. The van der Waals surface area contributed by atoms with Gasteiger partial charge in [0.2, 0.25) is 5.91 Å². The van der Waals surface area contributed by atoms with Crippen LogP contribution in [0.5, 0.6) is 0 Å². The van der Waals surface area contributed by atoms with Gasteiger partial charge in [-0.3, -0.25) is 4.79 Å². The smallest absolute Gasteiger partial charge is 0.246 e. The van der Waals surface area contributed by atoms with Crippen LogP contribution in [0.3, 0.4) is 0 Å². The van der Waals surface area contributed by atoms with Crippen LogP contribution in [0.1, 0.15) is 18.9 Å². The van der Waals surface area contributed by atoms with Crippen molar-refractivity contribution >= 4 is 23.0 Å². The molecule has 2 heterocycles. The second kappa shape index (κ2) is 8.01. The van der Waals surface area contributed by atoms with Crippen LogP contribution in [0.15, 0.2) is 48.5 Å². The Bertz CT molecular complexity index is 784. The molecule has 4 rings (SSSR count). The van der Waals surface area contributed by atoms with E-state index in [9.17, 15) is 4.79 Å². The molecule has 2 aliphatic rings. The Balaban J connectivity index is 1.41. The first kappa shape index (κ1) is 17.9. The van der Waals surface area contributed by atoms with Crippen LogP contribution in [0.2, 0.25) is 0 Å². The number of amides is 1. The topological polar surface area (TPSA) is 44.8 Å². The van der Waals surface area contributed by atoms with Gasteiger partial charge in [-0.25, -0.2) is 0 Å². The standard InChI is InChI=1S/C22H27N3O2/c1-17(25-12-4-6-18-5-2-3-7-21(18)25)22(26)23-19-8-10-20(11-9-19)24-13-15-27-16-14-24/h2-3,5,7-11,17H,4,6,12-16H2,1H3,(H,23,26)/t17-/m1/s1. The minimum Gasteiger partial charge on any atom is -0.378 e. The van der Waals surface area contributed by atoms with E-state index in [1.807, 2.05) is 25.1 Å². The summed E-state index contributed by atoms with van der Waals surface area (Å²) in [6.07, 6.45) is 2.17. The summed E-state index contributed by atoms with van der Waals surface area (Å²) in [5, 5.41) is 3.08. The van der Waals surface area contributed by atoms with Crippen LogP contribution in [-0.2, 0) is 16.0 Å². The highest BCUT2D eigenvalue weighted by Gasteiger charge is 2.25. The number of rotatable bonds is 4. The van der Waals surface area contributed by atoms with E-state index in [1.165, 1.54) is 16.9 Å². The van der Waals surface area contributed by atoms with Gasteiger partial charge in [0.15, 0.2) is 0 Å². The minimum atomic E-state index is -0.203. The number of benzene rings is 2. The number of para-hydroxylation sites is 1. The van der Waals surface area contributed by atoms with Crippen molar-refractivity contribution in [3.8, 4) is 0 Å². The van der Waals surface area contributed by atoms with Gasteiger partial charge in [-0.05, 0) is 55.7 Å². The van der Waals surface area contributed by atoms with Crippen molar-refractivity contribution < 1.29 is 9.53 Å². The molecule has 27 heavy (non-hydrogen) atoms. The summed E-state index contributed by atoms with van der Waals surface area (Å²) in [7, 11) is 0. The monoisotopic (exact) mass is 365 g/mol. The van der Waals surface area contributed by atoms with E-state index in [0.717, 1.165) is 51.4 Å². The Morgan fingerprint density at radius 2 is 1.78 bits per heavy atom. The number of hydrogen-bond donors (Lipinski definition) is 1. The van der Waals surface area contributed by atoms with Crippen molar-refractivity contribution in [3.63, 3.8) is 0 Å². The van der Waals surface area contributed by atoms with Crippen molar-refractivity contribution in [1.29, 1.82) is 0 Å².